The molecule has 148 valence electrons. The van der Waals surface area contributed by atoms with E-state index in [0.29, 0.717) is 11.3 Å². The molecule has 0 spiro atoms. The normalized spacial score (nSPS) is 10.3. The fourth-order valence-corrected chi connectivity index (χ4v) is 2.46. The van der Waals surface area contributed by atoms with Gasteiger partial charge in [0.2, 0.25) is 0 Å². The Labute approximate surface area is 164 Å². The number of benzene rings is 2. The summed E-state index contributed by atoms with van der Waals surface area (Å²) in [6.07, 6.45) is 0. The molecule has 0 aliphatic carbocycles. The molecule has 3 amide bonds. The van der Waals surface area contributed by atoms with Crippen LogP contribution >= 0.6 is 0 Å². The minimum Gasteiger partial charge on any atom is -0.483 e. The van der Waals surface area contributed by atoms with Crippen LogP contribution in [0.5, 0.6) is 5.75 Å². The van der Waals surface area contributed by atoms with Gasteiger partial charge in [0.25, 0.3) is 17.7 Å². The smallest absolute Gasteiger partial charge is 0.276 e. The second-order valence-corrected chi connectivity index (χ2v) is 6.63. The molecular formula is C21H25N3O4. The summed E-state index contributed by atoms with van der Waals surface area (Å²) in [6, 6.07) is 14.4. The molecule has 2 aromatic carbocycles. The summed E-state index contributed by atoms with van der Waals surface area (Å²) >= 11 is 0. The van der Waals surface area contributed by atoms with Crippen LogP contribution in [-0.4, -0.2) is 30.9 Å². The molecule has 0 aliphatic rings. The van der Waals surface area contributed by atoms with E-state index in [1.54, 1.807) is 30.3 Å². The first-order valence-electron chi connectivity index (χ1n) is 9.01. The second kappa shape index (κ2) is 10.1. The van der Waals surface area contributed by atoms with Crippen molar-refractivity contribution < 1.29 is 19.1 Å². The third kappa shape index (κ3) is 6.42. The summed E-state index contributed by atoms with van der Waals surface area (Å²) in [6.45, 7) is 5.54. The molecule has 0 aromatic heterocycles. The van der Waals surface area contributed by atoms with Crippen molar-refractivity contribution in [2.24, 2.45) is 0 Å². The highest BCUT2D eigenvalue weighted by Gasteiger charge is 2.11. The number of hydrogen-bond acceptors (Lipinski definition) is 4. The largest absolute Gasteiger partial charge is 0.483 e. The molecule has 0 bridgehead atoms. The molecule has 2 aromatic rings. The van der Waals surface area contributed by atoms with Crippen LogP contribution in [0.15, 0.2) is 48.5 Å². The Morgan fingerprint density at radius 3 is 2.32 bits per heavy atom. The lowest BCUT2D eigenvalue weighted by Gasteiger charge is -2.15. The van der Waals surface area contributed by atoms with Crippen LogP contribution in [0.3, 0.4) is 0 Å². The van der Waals surface area contributed by atoms with Crippen molar-refractivity contribution in [1.29, 1.82) is 0 Å². The minimum atomic E-state index is -0.545. The van der Waals surface area contributed by atoms with Crippen molar-refractivity contribution in [3.63, 3.8) is 0 Å². The molecule has 0 unspecified atom stereocenters. The van der Waals surface area contributed by atoms with E-state index in [-0.39, 0.29) is 25.0 Å². The van der Waals surface area contributed by atoms with Gasteiger partial charge in [-0.2, -0.15) is 0 Å². The van der Waals surface area contributed by atoms with Gasteiger partial charge in [-0.3, -0.25) is 25.2 Å². The van der Waals surface area contributed by atoms with Crippen molar-refractivity contribution in [1.82, 2.24) is 16.2 Å². The molecule has 2 rings (SSSR count). The predicted molar refractivity (Wildman–Crippen MR) is 106 cm³/mol. The first kappa shape index (κ1) is 21.0. The summed E-state index contributed by atoms with van der Waals surface area (Å²) in [7, 11) is 0. The highest BCUT2D eigenvalue weighted by Crippen LogP contribution is 2.27. The summed E-state index contributed by atoms with van der Waals surface area (Å²) < 4.78 is 5.60. The van der Waals surface area contributed by atoms with Crippen LogP contribution in [0.1, 0.15) is 41.3 Å². The average Bonchev–Trinajstić information content (AvgIpc) is 2.69. The van der Waals surface area contributed by atoms with Gasteiger partial charge >= 0.3 is 0 Å². The first-order chi connectivity index (χ1) is 13.4. The molecule has 7 nitrogen and oxygen atoms in total. The fourth-order valence-electron chi connectivity index (χ4n) is 2.46. The zero-order valence-electron chi connectivity index (χ0n) is 16.2. The Bertz CT molecular complexity index is 835. The van der Waals surface area contributed by atoms with Crippen LogP contribution in [0, 0.1) is 6.92 Å². The maximum absolute atomic E-state index is 11.9. The van der Waals surface area contributed by atoms with E-state index in [9.17, 15) is 14.4 Å². The van der Waals surface area contributed by atoms with E-state index in [1.165, 1.54) is 0 Å². The van der Waals surface area contributed by atoms with Gasteiger partial charge < -0.3 is 10.1 Å². The van der Waals surface area contributed by atoms with Crippen molar-refractivity contribution in [2.45, 2.75) is 26.7 Å². The van der Waals surface area contributed by atoms with Crippen molar-refractivity contribution >= 4 is 17.7 Å². The van der Waals surface area contributed by atoms with E-state index in [0.717, 1.165) is 11.1 Å². The number of hydrazine groups is 1. The predicted octanol–water partition coefficient (Wildman–Crippen LogP) is 2.07. The number of aryl methyl sites for hydroxylation is 1. The summed E-state index contributed by atoms with van der Waals surface area (Å²) in [5, 5.41) is 2.47. The number of nitrogens with one attached hydrogen (secondary N) is 3. The van der Waals surface area contributed by atoms with Crippen molar-refractivity contribution in [2.75, 3.05) is 13.2 Å². The monoisotopic (exact) mass is 383 g/mol. The Morgan fingerprint density at radius 1 is 0.964 bits per heavy atom. The molecule has 0 fully saturated rings. The van der Waals surface area contributed by atoms with Gasteiger partial charge in [0.1, 0.15) is 5.75 Å². The zero-order valence-corrected chi connectivity index (χ0v) is 16.2. The zero-order chi connectivity index (χ0) is 20.5. The molecule has 0 saturated heterocycles. The molecule has 0 atom stereocenters. The van der Waals surface area contributed by atoms with E-state index >= 15 is 0 Å². The minimum absolute atomic E-state index is 0.236. The van der Waals surface area contributed by atoms with Gasteiger partial charge in [0.15, 0.2) is 6.61 Å². The van der Waals surface area contributed by atoms with Gasteiger partial charge in [-0.05, 0) is 42.2 Å². The molecular weight excluding hydrogens is 358 g/mol. The number of hydrogen-bond donors (Lipinski definition) is 3. The lowest BCUT2D eigenvalue weighted by Crippen LogP contribution is -2.47. The quantitative estimate of drug-likeness (QED) is 0.638. The third-order valence-corrected chi connectivity index (χ3v) is 3.94. The van der Waals surface area contributed by atoms with Crippen LogP contribution in [-0.2, 0) is 9.59 Å². The lowest BCUT2D eigenvalue weighted by atomic mass is 10.0. The standard InChI is InChI=1S/C21H25N3O4/c1-14(2)17-10-9-15(3)11-18(17)28-13-20(26)24-23-19(25)12-22-21(27)16-7-5-4-6-8-16/h4-11,14H,12-13H2,1-3H3,(H,22,27)(H,23,25)(H,24,26). The number of rotatable bonds is 7. The van der Waals surface area contributed by atoms with Gasteiger partial charge in [0, 0.05) is 5.56 Å². The SMILES string of the molecule is Cc1ccc(C(C)C)c(OCC(=O)NNC(=O)CNC(=O)c2ccccc2)c1. The highest BCUT2D eigenvalue weighted by molar-refractivity contribution is 5.96. The van der Waals surface area contributed by atoms with E-state index < -0.39 is 11.8 Å². The van der Waals surface area contributed by atoms with Crippen LogP contribution in [0.2, 0.25) is 0 Å². The maximum atomic E-state index is 11.9. The van der Waals surface area contributed by atoms with Crippen LogP contribution in [0.4, 0.5) is 0 Å². The van der Waals surface area contributed by atoms with Crippen molar-refractivity contribution in [3.8, 4) is 5.75 Å². The Kier molecular flexibility index (Phi) is 7.56. The van der Waals surface area contributed by atoms with Gasteiger partial charge in [-0.25, -0.2) is 0 Å². The molecule has 0 heterocycles. The van der Waals surface area contributed by atoms with Crippen LogP contribution in [0.25, 0.3) is 0 Å². The summed E-state index contributed by atoms with van der Waals surface area (Å²) in [5.41, 5.74) is 6.99. The van der Waals surface area contributed by atoms with Crippen molar-refractivity contribution in [3.05, 3.63) is 65.2 Å². The van der Waals surface area contributed by atoms with Crippen LogP contribution < -0.4 is 20.9 Å². The topological polar surface area (TPSA) is 96.5 Å². The van der Waals surface area contributed by atoms with Gasteiger partial charge in [-0.15, -0.1) is 0 Å². The van der Waals surface area contributed by atoms with E-state index in [1.807, 2.05) is 39.0 Å². The average molecular weight is 383 g/mol. The first-order valence-corrected chi connectivity index (χ1v) is 9.01. The van der Waals surface area contributed by atoms with E-state index in [4.69, 9.17) is 4.74 Å². The summed E-state index contributed by atoms with van der Waals surface area (Å²) in [5.74, 6) is -0.515. The molecule has 28 heavy (non-hydrogen) atoms. The van der Waals surface area contributed by atoms with Gasteiger partial charge in [-0.1, -0.05) is 44.2 Å². The summed E-state index contributed by atoms with van der Waals surface area (Å²) in [4.78, 5) is 35.5. The molecule has 7 heteroatoms. The Morgan fingerprint density at radius 2 is 1.64 bits per heavy atom. The fraction of sp³-hybridized carbons (Fsp3) is 0.286. The lowest BCUT2D eigenvalue weighted by molar-refractivity contribution is -0.129. The number of ether oxygens (including phenoxy) is 1. The second-order valence-electron chi connectivity index (χ2n) is 6.63. The molecule has 3 N–H and O–H groups in total. The molecule has 0 aliphatic heterocycles. The molecule has 0 saturated carbocycles. The number of amides is 3. The number of carbonyl (C=O) groups is 3. The maximum Gasteiger partial charge on any atom is 0.276 e. The molecule has 0 radical (unpaired) electrons. The van der Waals surface area contributed by atoms with E-state index in [2.05, 4.69) is 16.2 Å². The highest BCUT2D eigenvalue weighted by atomic mass is 16.5. The van der Waals surface area contributed by atoms with Gasteiger partial charge in [0.05, 0.1) is 6.54 Å². The third-order valence-electron chi connectivity index (χ3n) is 3.94. The Balaban J connectivity index is 1.74. The number of carbonyl (C=O) groups excluding carboxylic acids is 3. The Hall–Kier alpha value is -3.35.